The Morgan fingerprint density at radius 1 is 1.20 bits per heavy atom. The van der Waals surface area contributed by atoms with Gasteiger partial charge in [-0.15, -0.1) is 0 Å². The minimum atomic E-state index is -0.853. The number of nitrogens with zero attached hydrogens (tertiary/aromatic N) is 3. The van der Waals surface area contributed by atoms with E-state index in [0.29, 0.717) is 19.6 Å². The van der Waals surface area contributed by atoms with Crippen molar-refractivity contribution in [2.75, 3.05) is 19.6 Å². The molecule has 2 aromatic rings. The van der Waals surface area contributed by atoms with Crippen LogP contribution in [0.25, 0.3) is 0 Å². The van der Waals surface area contributed by atoms with Crippen molar-refractivity contribution < 1.29 is 9.90 Å². The van der Waals surface area contributed by atoms with E-state index >= 15 is 0 Å². The largest absolute Gasteiger partial charge is 0.465 e. The zero-order valence-electron chi connectivity index (χ0n) is 17.3. The molecule has 0 spiro atoms. The van der Waals surface area contributed by atoms with Gasteiger partial charge >= 0.3 is 6.09 Å². The third kappa shape index (κ3) is 4.40. The summed E-state index contributed by atoms with van der Waals surface area (Å²) in [6.45, 7) is 2.37. The Hall–Kier alpha value is -2.70. The molecular formula is C24H30N4O2. The number of aryl methyl sites for hydroxylation is 1. The maximum absolute atomic E-state index is 12.1. The molecule has 2 heterocycles. The molecule has 0 bridgehead atoms. The number of rotatable bonds is 6. The average molecular weight is 407 g/mol. The second-order valence-electron chi connectivity index (χ2n) is 8.15. The second kappa shape index (κ2) is 9.41. The summed E-state index contributed by atoms with van der Waals surface area (Å²) in [5.74, 6) is 0. The summed E-state index contributed by atoms with van der Waals surface area (Å²) >= 11 is 0. The van der Waals surface area contributed by atoms with Gasteiger partial charge in [0, 0.05) is 32.4 Å². The number of hydrogen-bond acceptors (Lipinski definition) is 4. The Morgan fingerprint density at radius 2 is 2.00 bits per heavy atom. The predicted molar refractivity (Wildman–Crippen MR) is 117 cm³/mol. The Balaban J connectivity index is 1.62. The van der Waals surface area contributed by atoms with Gasteiger partial charge in [-0.05, 0) is 48.4 Å². The van der Waals surface area contributed by atoms with Crippen molar-refractivity contribution in [2.24, 2.45) is 5.73 Å². The molecule has 1 aliphatic heterocycles. The molecule has 0 fully saturated rings. The summed E-state index contributed by atoms with van der Waals surface area (Å²) in [6, 6.07) is 12.5. The quantitative estimate of drug-likeness (QED) is 0.719. The average Bonchev–Trinajstić information content (AvgIpc) is 2.77. The smallest absolute Gasteiger partial charge is 0.407 e. The second-order valence-corrected chi connectivity index (χ2v) is 8.15. The van der Waals surface area contributed by atoms with Crippen LogP contribution in [-0.4, -0.2) is 51.7 Å². The summed E-state index contributed by atoms with van der Waals surface area (Å²) in [5.41, 5.74) is 10.5. The van der Waals surface area contributed by atoms with Crippen molar-refractivity contribution in [3.8, 4) is 0 Å². The van der Waals surface area contributed by atoms with Gasteiger partial charge in [-0.25, -0.2) is 4.79 Å². The van der Waals surface area contributed by atoms with Gasteiger partial charge in [-0.3, -0.25) is 14.8 Å². The Kier molecular flexibility index (Phi) is 6.45. The Morgan fingerprint density at radius 3 is 2.80 bits per heavy atom. The summed E-state index contributed by atoms with van der Waals surface area (Å²) in [7, 11) is 0. The number of carbonyl (C=O) groups is 1. The normalized spacial score (nSPS) is 20.9. The van der Waals surface area contributed by atoms with Gasteiger partial charge in [0.2, 0.25) is 0 Å². The first-order chi connectivity index (χ1) is 14.7. The zero-order valence-corrected chi connectivity index (χ0v) is 17.3. The number of pyridine rings is 1. The number of benzene rings is 1. The van der Waals surface area contributed by atoms with Crippen LogP contribution in [-0.2, 0) is 19.4 Å². The zero-order chi connectivity index (χ0) is 20.9. The van der Waals surface area contributed by atoms with Crippen LogP contribution in [0.15, 0.2) is 54.7 Å². The van der Waals surface area contributed by atoms with Gasteiger partial charge in [-0.1, -0.05) is 42.5 Å². The number of amides is 1. The monoisotopic (exact) mass is 406 g/mol. The minimum Gasteiger partial charge on any atom is -0.465 e. The standard InChI is InChI=1S/C24H30N4O2/c25-12-3-4-14-27(22-11-5-9-18-10-6-13-26-23(18)22)17-21-15-19-7-1-2-8-20(19)16-28(21)24(29)30/h1-4,6-8,10,13,21-22H,5,9,11-12,14-17,25H2,(H,29,30)/b4-3+/t21-,22+/m1/s1. The van der Waals surface area contributed by atoms with Crippen LogP contribution in [0.2, 0.25) is 0 Å². The Labute approximate surface area is 178 Å². The first-order valence-electron chi connectivity index (χ1n) is 10.8. The fourth-order valence-electron chi connectivity index (χ4n) is 4.82. The van der Waals surface area contributed by atoms with E-state index in [1.165, 1.54) is 11.1 Å². The first-order valence-corrected chi connectivity index (χ1v) is 10.8. The number of nitrogens with two attached hydrogens (primary N) is 1. The molecule has 0 unspecified atom stereocenters. The number of fused-ring (bicyclic) bond motifs is 2. The van der Waals surface area contributed by atoms with Gasteiger partial charge in [-0.2, -0.15) is 0 Å². The van der Waals surface area contributed by atoms with E-state index in [1.54, 1.807) is 4.90 Å². The van der Waals surface area contributed by atoms with Crippen molar-refractivity contribution in [1.82, 2.24) is 14.8 Å². The predicted octanol–water partition coefficient (Wildman–Crippen LogP) is 3.38. The minimum absolute atomic E-state index is 0.0854. The lowest BCUT2D eigenvalue weighted by Crippen LogP contribution is -2.50. The molecular weight excluding hydrogens is 376 g/mol. The molecule has 6 heteroatoms. The van der Waals surface area contributed by atoms with Crippen LogP contribution in [0.5, 0.6) is 0 Å². The van der Waals surface area contributed by atoms with Gasteiger partial charge in [0.15, 0.2) is 0 Å². The molecule has 2 atom stereocenters. The van der Waals surface area contributed by atoms with Crippen LogP contribution in [0.3, 0.4) is 0 Å². The van der Waals surface area contributed by atoms with E-state index in [2.05, 4.69) is 23.1 Å². The van der Waals surface area contributed by atoms with E-state index in [0.717, 1.165) is 43.5 Å². The third-order valence-electron chi connectivity index (χ3n) is 6.30. The summed E-state index contributed by atoms with van der Waals surface area (Å²) in [4.78, 5) is 20.8. The van der Waals surface area contributed by atoms with E-state index < -0.39 is 6.09 Å². The molecule has 158 valence electrons. The Bertz CT molecular complexity index is 914. The molecule has 0 saturated carbocycles. The lowest BCUT2D eigenvalue weighted by Gasteiger charge is -2.41. The topological polar surface area (TPSA) is 82.7 Å². The molecule has 1 amide bonds. The van der Waals surface area contributed by atoms with E-state index in [4.69, 9.17) is 10.7 Å². The van der Waals surface area contributed by atoms with Gasteiger partial charge in [0.25, 0.3) is 0 Å². The molecule has 1 aliphatic carbocycles. The molecule has 0 saturated heterocycles. The fraction of sp³-hybridized carbons (Fsp3) is 0.417. The van der Waals surface area contributed by atoms with Crippen LogP contribution in [0.1, 0.15) is 41.3 Å². The molecule has 30 heavy (non-hydrogen) atoms. The molecule has 0 radical (unpaired) electrons. The highest BCUT2D eigenvalue weighted by molar-refractivity contribution is 5.66. The maximum Gasteiger partial charge on any atom is 0.407 e. The van der Waals surface area contributed by atoms with Crippen molar-refractivity contribution in [3.05, 3.63) is 77.1 Å². The molecule has 3 N–H and O–H groups in total. The van der Waals surface area contributed by atoms with E-state index in [9.17, 15) is 9.90 Å². The van der Waals surface area contributed by atoms with E-state index in [1.807, 2.05) is 36.5 Å². The van der Waals surface area contributed by atoms with Crippen molar-refractivity contribution in [3.63, 3.8) is 0 Å². The fourth-order valence-corrected chi connectivity index (χ4v) is 4.82. The first kappa shape index (κ1) is 20.6. The molecule has 4 rings (SSSR count). The van der Waals surface area contributed by atoms with Crippen LogP contribution in [0.4, 0.5) is 4.79 Å². The highest BCUT2D eigenvalue weighted by Gasteiger charge is 2.34. The van der Waals surface area contributed by atoms with Crippen molar-refractivity contribution in [1.29, 1.82) is 0 Å². The van der Waals surface area contributed by atoms with E-state index in [-0.39, 0.29) is 12.1 Å². The van der Waals surface area contributed by atoms with Gasteiger partial charge < -0.3 is 10.8 Å². The SMILES string of the molecule is NC/C=C/CN(C[C@H]1Cc2ccccc2CN1C(=O)O)[C@H]1CCCc2cccnc21. The number of carboxylic acid groups (broad SMARTS) is 1. The number of aromatic nitrogens is 1. The third-order valence-corrected chi connectivity index (χ3v) is 6.30. The highest BCUT2D eigenvalue weighted by atomic mass is 16.4. The summed E-state index contributed by atoms with van der Waals surface area (Å²) in [5, 5.41) is 9.89. The van der Waals surface area contributed by atoms with Crippen LogP contribution in [0, 0.1) is 0 Å². The van der Waals surface area contributed by atoms with Crippen LogP contribution < -0.4 is 5.73 Å². The highest BCUT2D eigenvalue weighted by Crippen LogP contribution is 2.34. The van der Waals surface area contributed by atoms with Gasteiger partial charge in [0.05, 0.1) is 17.8 Å². The van der Waals surface area contributed by atoms with Crippen LogP contribution >= 0.6 is 0 Å². The van der Waals surface area contributed by atoms with Crippen molar-refractivity contribution >= 4 is 6.09 Å². The lowest BCUT2D eigenvalue weighted by molar-refractivity contribution is 0.0837. The van der Waals surface area contributed by atoms with Crippen molar-refractivity contribution in [2.45, 2.75) is 44.3 Å². The lowest BCUT2D eigenvalue weighted by atomic mass is 9.89. The molecule has 1 aromatic heterocycles. The molecule has 1 aromatic carbocycles. The molecule has 6 nitrogen and oxygen atoms in total. The number of hydrogen-bond donors (Lipinski definition) is 2. The summed E-state index contributed by atoms with van der Waals surface area (Å²) in [6.07, 6.45) is 9.04. The van der Waals surface area contributed by atoms with Gasteiger partial charge in [0.1, 0.15) is 0 Å². The maximum atomic E-state index is 12.1. The summed E-state index contributed by atoms with van der Waals surface area (Å²) < 4.78 is 0. The molecule has 2 aliphatic rings.